The number of nitrogens with zero attached hydrogens (tertiary/aromatic N) is 6. The minimum atomic E-state index is -0.450. The van der Waals surface area contributed by atoms with Crippen LogP contribution in [0.25, 0.3) is 5.69 Å². The number of nitro groups is 1. The number of amides is 1. The molecule has 4 rings (SSSR count). The normalized spacial score (nSPS) is 14.3. The number of piperazine rings is 1. The van der Waals surface area contributed by atoms with Gasteiger partial charge in [0.05, 0.1) is 28.1 Å². The van der Waals surface area contributed by atoms with Gasteiger partial charge in [0.1, 0.15) is 0 Å². The van der Waals surface area contributed by atoms with Crippen molar-refractivity contribution >= 4 is 28.1 Å². The average Bonchev–Trinajstić information content (AvgIpc) is 3.37. The Hall–Kier alpha value is -3.27. The van der Waals surface area contributed by atoms with Crippen LogP contribution in [-0.2, 0) is 0 Å². The summed E-state index contributed by atoms with van der Waals surface area (Å²) in [6, 6.07) is 6.04. The fraction of sp³-hybridized carbons (Fsp3) is 0.278. The maximum atomic E-state index is 12.8. The van der Waals surface area contributed by atoms with Gasteiger partial charge in [0.15, 0.2) is 5.13 Å². The fourth-order valence-corrected chi connectivity index (χ4v) is 3.93. The summed E-state index contributed by atoms with van der Waals surface area (Å²) in [6.45, 7) is 4.72. The fourth-order valence-electron chi connectivity index (χ4n) is 3.07. The summed E-state index contributed by atoms with van der Waals surface area (Å²) in [6.07, 6.45) is 3.18. The lowest BCUT2D eigenvalue weighted by molar-refractivity contribution is -0.384. The molecule has 0 aliphatic carbocycles. The molecular weight excluding hydrogens is 380 g/mol. The van der Waals surface area contributed by atoms with Crippen LogP contribution >= 0.6 is 11.3 Å². The predicted octanol–water partition coefficient (Wildman–Crippen LogP) is 2.51. The third-order valence-corrected chi connectivity index (χ3v) is 5.62. The van der Waals surface area contributed by atoms with Crippen LogP contribution in [-0.4, -0.2) is 56.7 Å². The second kappa shape index (κ2) is 7.39. The van der Waals surface area contributed by atoms with E-state index in [1.807, 2.05) is 17.2 Å². The molecule has 10 heteroatoms. The van der Waals surface area contributed by atoms with Gasteiger partial charge < -0.3 is 9.80 Å². The van der Waals surface area contributed by atoms with Crippen LogP contribution in [0.15, 0.2) is 42.0 Å². The third-order valence-electron chi connectivity index (χ3n) is 4.60. The van der Waals surface area contributed by atoms with Crippen LogP contribution in [0.2, 0.25) is 0 Å². The lowest BCUT2D eigenvalue weighted by Crippen LogP contribution is -2.48. The average molecular weight is 398 g/mol. The van der Waals surface area contributed by atoms with Crippen molar-refractivity contribution in [1.29, 1.82) is 0 Å². The molecule has 0 spiro atoms. The van der Waals surface area contributed by atoms with E-state index in [9.17, 15) is 14.9 Å². The zero-order valence-corrected chi connectivity index (χ0v) is 16.0. The minimum absolute atomic E-state index is 0.0144. The number of non-ortho nitro benzene ring substituents is 1. The maximum Gasteiger partial charge on any atom is 0.269 e. The SMILES string of the molecule is Cc1csc(N2CCN(C(=O)c3cnn(-c4ccc([N+](=O)[O-])cc4)c3)CC2)n1. The molecule has 1 aliphatic heterocycles. The van der Waals surface area contributed by atoms with Crippen LogP contribution in [0.3, 0.4) is 0 Å². The van der Waals surface area contributed by atoms with E-state index in [2.05, 4.69) is 15.0 Å². The summed E-state index contributed by atoms with van der Waals surface area (Å²) in [7, 11) is 0. The lowest BCUT2D eigenvalue weighted by Gasteiger charge is -2.34. The first kappa shape index (κ1) is 18.1. The summed E-state index contributed by atoms with van der Waals surface area (Å²) in [5, 5.41) is 18.0. The molecule has 28 heavy (non-hydrogen) atoms. The molecule has 1 amide bonds. The summed E-state index contributed by atoms with van der Waals surface area (Å²) in [5.74, 6) is -0.0665. The Morgan fingerprint density at radius 3 is 2.50 bits per heavy atom. The standard InChI is InChI=1S/C18H18N6O3S/c1-13-12-28-18(20-13)22-8-6-21(7-9-22)17(25)14-10-19-23(11-14)15-2-4-16(5-3-15)24(26)27/h2-5,10-12H,6-9H2,1H3. The van der Waals surface area contributed by atoms with Gasteiger partial charge in [0.25, 0.3) is 11.6 Å². The number of carbonyl (C=O) groups is 1. The Kier molecular flexibility index (Phi) is 4.78. The topological polar surface area (TPSA) is 97.4 Å². The Balaban J connectivity index is 1.41. The molecule has 2 aromatic heterocycles. The van der Waals surface area contributed by atoms with Crippen molar-refractivity contribution in [2.45, 2.75) is 6.92 Å². The Morgan fingerprint density at radius 2 is 1.89 bits per heavy atom. The molecule has 1 fully saturated rings. The molecule has 144 valence electrons. The summed E-state index contributed by atoms with van der Waals surface area (Å²) >= 11 is 1.62. The number of aryl methyl sites for hydroxylation is 1. The molecule has 3 heterocycles. The van der Waals surface area contributed by atoms with Crippen molar-refractivity contribution in [2.75, 3.05) is 31.1 Å². The molecule has 0 N–H and O–H groups in total. The zero-order valence-electron chi connectivity index (χ0n) is 15.2. The quantitative estimate of drug-likeness (QED) is 0.495. The number of thiazole rings is 1. The van der Waals surface area contributed by atoms with E-state index in [1.54, 1.807) is 34.3 Å². The molecule has 0 radical (unpaired) electrons. The van der Waals surface area contributed by atoms with Gasteiger partial charge in [0.2, 0.25) is 0 Å². The van der Waals surface area contributed by atoms with Crippen LogP contribution in [0.5, 0.6) is 0 Å². The lowest BCUT2D eigenvalue weighted by atomic mass is 10.2. The van der Waals surface area contributed by atoms with Gasteiger partial charge in [-0.3, -0.25) is 14.9 Å². The second-order valence-corrected chi connectivity index (χ2v) is 7.33. The maximum absolute atomic E-state index is 12.8. The summed E-state index contributed by atoms with van der Waals surface area (Å²) in [5.41, 5.74) is 2.18. The van der Waals surface area contributed by atoms with Gasteiger partial charge in [-0.25, -0.2) is 9.67 Å². The zero-order chi connectivity index (χ0) is 19.7. The Bertz CT molecular complexity index is 1000. The highest BCUT2D eigenvalue weighted by atomic mass is 32.1. The highest BCUT2D eigenvalue weighted by Gasteiger charge is 2.24. The predicted molar refractivity (Wildman–Crippen MR) is 105 cm³/mol. The molecule has 0 unspecified atom stereocenters. The van der Waals surface area contributed by atoms with Crippen molar-refractivity contribution in [3.05, 3.63) is 63.4 Å². The molecule has 1 aromatic carbocycles. The van der Waals surface area contributed by atoms with Gasteiger partial charge in [0, 0.05) is 49.9 Å². The first-order chi connectivity index (χ1) is 13.5. The number of benzene rings is 1. The number of carbonyl (C=O) groups excluding carboxylic acids is 1. The van der Waals surface area contributed by atoms with Crippen LogP contribution in [0, 0.1) is 17.0 Å². The van der Waals surface area contributed by atoms with Crippen molar-refractivity contribution in [3.8, 4) is 5.69 Å². The van der Waals surface area contributed by atoms with Gasteiger partial charge >= 0.3 is 0 Å². The third kappa shape index (κ3) is 3.58. The van der Waals surface area contributed by atoms with E-state index >= 15 is 0 Å². The number of rotatable bonds is 4. The molecule has 0 bridgehead atoms. The van der Waals surface area contributed by atoms with E-state index in [-0.39, 0.29) is 11.6 Å². The molecule has 1 saturated heterocycles. The van der Waals surface area contributed by atoms with Crippen LogP contribution in [0.4, 0.5) is 10.8 Å². The van der Waals surface area contributed by atoms with Crippen molar-refractivity contribution in [1.82, 2.24) is 19.7 Å². The molecule has 3 aromatic rings. The molecular formula is C18H18N6O3S. The van der Waals surface area contributed by atoms with Crippen molar-refractivity contribution < 1.29 is 9.72 Å². The molecule has 0 saturated carbocycles. The highest BCUT2D eigenvalue weighted by molar-refractivity contribution is 7.13. The number of anilines is 1. The van der Waals surface area contributed by atoms with E-state index in [0.717, 1.165) is 23.9 Å². The number of hydrogen-bond acceptors (Lipinski definition) is 7. The van der Waals surface area contributed by atoms with Crippen molar-refractivity contribution in [3.63, 3.8) is 0 Å². The Labute approximate surface area is 165 Å². The first-order valence-corrected chi connectivity index (χ1v) is 9.65. The number of aromatic nitrogens is 3. The summed E-state index contributed by atoms with van der Waals surface area (Å²) < 4.78 is 1.55. The minimum Gasteiger partial charge on any atom is -0.345 e. The van der Waals surface area contributed by atoms with E-state index in [0.29, 0.717) is 24.3 Å². The molecule has 0 atom stereocenters. The van der Waals surface area contributed by atoms with E-state index in [4.69, 9.17) is 0 Å². The van der Waals surface area contributed by atoms with Gasteiger partial charge in [-0.2, -0.15) is 5.10 Å². The van der Waals surface area contributed by atoms with E-state index < -0.39 is 4.92 Å². The van der Waals surface area contributed by atoms with Gasteiger partial charge in [-0.05, 0) is 19.1 Å². The summed E-state index contributed by atoms with van der Waals surface area (Å²) in [4.78, 5) is 31.6. The van der Waals surface area contributed by atoms with Gasteiger partial charge in [-0.15, -0.1) is 11.3 Å². The van der Waals surface area contributed by atoms with Crippen molar-refractivity contribution in [2.24, 2.45) is 0 Å². The van der Waals surface area contributed by atoms with Gasteiger partial charge in [-0.1, -0.05) is 0 Å². The van der Waals surface area contributed by atoms with Crippen LogP contribution < -0.4 is 4.90 Å². The number of nitro benzene ring substituents is 1. The smallest absolute Gasteiger partial charge is 0.269 e. The van der Waals surface area contributed by atoms with E-state index in [1.165, 1.54) is 18.3 Å². The monoisotopic (exact) mass is 398 g/mol. The Morgan fingerprint density at radius 1 is 1.18 bits per heavy atom. The van der Waals surface area contributed by atoms with Crippen LogP contribution in [0.1, 0.15) is 16.1 Å². The molecule has 1 aliphatic rings. The number of hydrogen-bond donors (Lipinski definition) is 0. The molecule has 9 nitrogen and oxygen atoms in total. The first-order valence-electron chi connectivity index (χ1n) is 8.77. The largest absolute Gasteiger partial charge is 0.345 e. The highest BCUT2D eigenvalue weighted by Crippen LogP contribution is 2.22. The second-order valence-electron chi connectivity index (χ2n) is 6.50.